The van der Waals surface area contributed by atoms with Crippen molar-refractivity contribution in [3.8, 4) is 5.69 Å². The first kappa shape index (κ1) is 12.5. The van der Waals surface area contributed by atoms with E-state index in [1.54, 1.807) is 24.5 Å². The van der Waals surface area contributed by atoms with Crippen LogP contribution in [0.2, 0.25) is 0 Å². The highest BCUT2D eigenvalue weighted by Gasteiger charge is 2.20. The van der Waals surface area contributed by atoms with Crippen molar-refractivity contribution in [2.45, 2.75) is 26.2 Å². The first-order valence-electron chi connectivity index (χ1n) is 6.35. The normalized spacial score (nSPS) is 11.9. The monoisotopic (exact) mass is 269 g/mol. The van der Waals surface area contributed by atoms with Crippen molar-refractivity contribution in [2.75, 3.05) is 0 Å². The predicted molar refractivity (Wildman–Crippen MR) is 76.0 cm³/mol. The molecule has 3 rings (SSSR count). The van der Waals surface area contributed by atoms with E-state index in [4.69, 9.17) is 0 Å². The molecule has 0 aliphatic heterocycles. The second kappa shape index (κ2) is 4.26. The molecule has 0 aliphatic rings. The maximum absolute atomic E-state index is 12.5. The fraction of sp³-hybridized carbons (Fsp3) is 0.286. The highest BCUT2D eigenvalue weighted by atomic mass is 16.1. The molecule has 3 aromatic rings. The van der Waals surface area contributed by atoms with Gasteiger partial charge < -0.3 is 4.98 Å². The summed E-state index contributed by atoms with van der Waals surface area (Å²) in [5, 5.41) is 0. The van der Waals surface area contributed by atoms with Gasteiger partial charge in [-0.1, -0.05) is 20.8 Å². The van der Waals surface area contributed by atoms with Crippen molar-refractivity contribution >= 4 is 11.2 Å². The van der Waals surface area contributed by atoms with Gasteiger partial charge >= 0.3 is 0 Å². The SMILES string of the molecule is CC(C)(C)c1nc2c(=O)n(-c3ccncc3)cnc2[nH]1. The van der Waals surface area contributed by atoms with E-state index in [9.17, 15) is 4.79 Å². The zero-order chi connectivity index (χ0) is 14.3. The first-order chi connectivity index (χ1) is 9.47. The summed E-state index contributed by atoms with van der Waals surface area (Å²) in [6.45, 7) is 6.10. The molecule has 102 valence electrons. The van der Waals surface area contributed by atoms with Crippen LogP contribution in [0, 0.1) is 0 Å². The third kappa shape index (κ3) is 1.99. The van der Waals surface area contributed by atoms with Gasteiger partial charge in [-0.3, -0.25) is 14.3 Å². The fourth-order valence-electron chi connectivity index (χ4n) is 1.93. The first-order valence-corrected chi connectivity index (χ1v) is 6.35. The molecule has 1 N–H and O–H groups in total. The van der Waals surface area contributed by atoms with Gasteiger partial charge in [0.05, 0.1) is 5.69 Å². The quantitative estimate of drug-likeness (QED) is 0.730. The second-order valence-corrected chi connectivity index (χ2v) is 5.66. The molecule has 3 aromatic heterocycles. The van der Waals surface area contributed by atoms with Gasteiger partial charge in [-0.25, -0.2) is 9.97 Å². The van der Waals surface area contributed by atoms with Gasteiger partial charge in [-0.05, 0) is 12.1 Å². The van der Waals surface area contributed by atoms with E-state index in [1.807, 2.05) is 20.8 Å². The van der Waals surface area contributed by atoms with Crippen LogP contribution < -0.4 is 5.56 Å². The topological polar surface area (TPSA) is 76.5 Å². The summed E-state index contributed by atoms with van der Waals surface area (Å²) in [7, 11) is 0. The molecular weight excluding hydrogens is 254 g/mol. The number of nitrogens with zero attached hydrogens (tertiary/aromatic N) is 4. The molecule has 0 atom stereocenters. The Morgan fingerprint density at radius 1 is 1.20 bits per heavy atom. The summed E-state index contributed by atoms with van der Waals surface area (Å²) in [5.74, 6) is 0.754. The highest BCUT2D eigenvalue weighted by Crippen LogP contribution is 2.20. The van der Waals surface area contributed by atoms with Gasteiger partial charge in [-0.15, -0.1) is 0 Å². The summed E-state index contributed by atoms with van der Waals surface area (Å²) < 4.78 is 1.47. The average molecular weight is 269 g/mol. The molecule has 0 radical (unpaired) electrons. The molecule has 3 heterocycles. The van der Waals surface area contributed by atoms with E-state index < -0.39 is 0 Å². The van der Waals surface area contributed by atoms with Gasteiger partial charge in [0.2, 0.25) is 0 Å². The molecular formula is C14H15N5O. The molecule has 0 spiro atoms. The summed E-state index contributed by atoms with van der Waals surface area (Å²) in [4.78, 5) is 28.2. The van der Waals surface area contributed by atoms with Gasteiger partial charge in [0.25, 0.3) is 5.56 Å². The van der Waals surface area contributed by atoms with E-state index in [1.165, 1.54) is 10.9 Å². The van der Waals surface area contributed by atoms with E-state index in [-0.39, 0.29) is 11.0 Å². The minimum Gasteiger partial charge on any atom is -0.326 e. The van der Waals surface area contributed by atoms with Gasteiger partial charge in [0, 0.05) is 17.8 Å². The Balaban J connectivity index is 2.24. The number of aromatic amines is 1. The lowest BCUT2D eigenvalue weighted by Crippen LogP contribution is -2.19. The van der Waals surface area contributed by atoms with E-state index in [2.05, 4.69) is 19.9 Å². The second-order valence-electron chi connectivity index (χ2n) is 5.66. The predicted octanol–water partition coefficient (Wildman–Crippen LogP) is 1.80. The van der Waals surface area contributed by atoms with Gasteiger partial charge in [-0.2, -0.15) is 0 Å². The Morgan fingerprint density at radius 2 is 1.90 bits per heavy atom. The van der Waals surface area contributed by atoms with Crippen LogP contribution in [0.1, 0.15) is 26.6 Å². The lowest BCUT2D eigenvalue weighted by Gasteiger charge is -2.13. The minimum atomic E-state index is -0.187. The smallest absolute Gasteiger partial charge is 0.286 e. The van der Waals surface area contributed by atoms with Gasteiger partial charge in [0.15, 0.2) is 11.2 Å². The Kier molecular flexibility index (Phi) is 2.67. The van der Waals surface area contributed by atoms with Crippen LogP contribution in [0.25, 0.3) is 16.9 Å². The lowest BCUT2D eigenvalue weighted by molar-refractivity contribution is 0.554. The number of H-pyrrole nitrogens is 1. The molecule has 0 saturated carbocycles. The summed E-state index contributed by atoms with van der Waals surface area (Å²) in [6.07, 6.45) is 4.78. The van der Waals surface area contributed by atoms with Crippen LogP contribution in [-0.4, -0.2) is 24.5 Å². The van der Waals surface area contributed by atoms with Crippen molar-refractivity contribution < 1.29 is 0 Å². The maximum atomic E-state index is 12.5. The standard InChI is InChI=1S/C14H15N5O/c1-14(2,3)13-17-10-11(18-13)16-8-19(12(10)20)9-4-6-15-7-5-9/h4-8H,1-3H3,(H,17,18). The number of rotatable bonds is 1. The molecule has 0 fully saturated rings. The Bertz CT molecular complexity index is 811. The van der Waals surface area contributed by atoms with Crippen LogP contribution in [0.4, 0.5) is 0 Å². The zero-order valence-electron chi connectivity index (χ0n) is 11.6. The van der Waals surface area contributed by atoms with Gasteiger partial charge in [0.1, 0.15) is 12.2 Å². The van der Waals surface area contributed by atoms with Crippen LogP contribution in [-0.2, 0) is 5.41 Å². The van der Waals surface area contributed by atoms with Crippen molar-refractivity contribution in [1.82, 2.24) is 24.5 Å². The molecule has 6 heteroatoms. The number of pyridine rings is 1. The third-order valence-electron chi connectivity index (χ3n) is 3.06. The maximum Gasteiger partial charge on any atom is 0.286 e. The lowest BCUT2D eigenvalue weighted by atomic mass is 9.96. The number of imidazole rings is 1. The van der Waals surface area contributed by atoms with Crippen molar-refractivity contribution in [3.05, 3.63) is 47.0 Å². The van der Waals surface area contributed by atoms with E-state index in [0.29, 0.717) is 11.2 Å². The molecule has 6 nitrogen and oxygen atoms in total. The summed E-state index contributed by atoms with van der Waals surface area (Å²) in [6, 6.07) is 3.51. The molecule has 0 aliphatic carbocycles. The third-order valence-corrected chi connectivity index (χ3v) is 3.06. The van der Waals surface area contributed by atoms with Crippen molar-refractivity contribution in [2.24, 2.45) is 0 Å². The minimum absolute atomic E-state index is 0.158. The number of nitrogens with one attached hydrogen (secondary N) is 1. The molecule has 20 heavy (non-hydrogen) atoms. The molecule has 0 aromatic carbocycles. The Morgan fingerprint density at radius 3 is 2.55 bits per heavy atom. The average Bonchev–Trinajstić information content (AvgIpc) is 2.85. The molecule has 0 amide bonds. The largest absolute Gasteiger partial charge is 0.326 e. The molecule has 0 unspecified atom stereocenters. The Labute approximate surface area is 115 Å². The summed E-state index contributed by atoms with van der Waals surface area (Å²) in [5.41, 5.74) is 1.25. The Hall–Kier alpha value is -2.50. The van der Waals surface area contributed by atoms with Crippen LogP contribution in [0.5, 0.6) is 0 Å². The number of hydrogen-bond acceptors (Lipinski definition) is 4. The molecule has 0 saturated heterocycles. The van der Waals surface area contributed by atoms with Crippen molar-refractivity contribution in [1.29, 1.82) is 0 Å². The van der Waals surface area contributed by atoms with Crippen LogP contribution in [0.15, 0.2) is 35.6 Å². The number of hydrogen-bond donors (Lipinski definition) is 1. The highest BCUT2D eigenvalue weighted by molar-refractivity contribution is 5.69. The van der Waals surface area contributed by atoms with E-state index >= 15 is 0 Å². The summed E-state index contributed by atoms with van der Waals surface area (Å²) >= 11 is 0. The number of aromatic nitrogens is 5. The van der Waals surface area contributed by atoms with Crippen molar-refractivity contribution in [3.63, 3.8) is 0 Å². The number of fused-ring (bicyclic) bond motifs is 1. The van der Waals surface area contributed by atoms with Crippen LogP contribution >= 0.6 is 0 Å². The zero-order valence-corrected chi connectivity index (χ0v) is 11.6. The molecule has 0 bridgehead atoms. The van der Waals surface area contributed by atoms with E-state index in [0.717, 1.165) is 11.5 Å². The fourth-order valence-corrected chi connectivity index (χ4v) is 1.93. The van der Waals surface area contributed by atoms with Crippen LogP contribution in [0.3, 0.4) is 0 Å².